The van der Waals surface area contributed by atoms with Gasteiger partial charge >= 0.3 is 5.97 Å². The van der Waals surface area contributed by atoms with Crippen molar-refractivity contribution in [1.82, 2.24) is 0 Å². The second kappa shape index (κ2) is 9.18. The van der Waals surface area contributed by atoms with Gasteiger partial charge in [-0.25, -0.2) is 0 Å². The lowest BCUT2D eigenvalue weighted by atomic mass is 10.1. The third-order valence-electron chi connectivity index (χ3n) is 3.52. The molecule has 0 aliphatic rings. The number of non-ortho nitro benzene ring substituents is 1. The molecule has 142 valence electrons. The van der Waals surface area contributed by atoms with Crippen LogP contribution >= 0.6 is 0 Å². The molecule has 1 N–H and O–H groups in total. The van der Waals surface area contributed by atoms with Crippen molar-refractivity contribution in [2.75, 3.05) is 26.1 Å². The van der Waals surface area contributed by atoms with Gasteiger partial charge in [0.1, 0.15) is 0 Å². The number of esters is 1. The van der Waals surface area contributed by atoms with E-state index in [4.69, 9.17) is 14.2 Å². The van der Waals surface area contributed by atoms with Crippen LogP contribution in [0.25, 0.3) is 0 Å². The van der Waals surface area contributed by atoms with Gasteiger partial charge in [-0.15, -0.1) is 0 Å². The van der Waals surface area contributed by atoms with Crippen molar-refractivity contribution in [3.8, 4) is 11.5 Å². The van der Waals surface area contributed by atoms with Crippen LogP contribution in [-0.4, -0.2) is 37.6 Å². The summed E-state index contributed by atoms with van der Waals surface area (Å²) < 4.78 is 15.2. The summed E-state index contributed by atoms with van der Waals surface area (Å²) in [5.74, 6) is -0.110. The zero-order valence-electron chi connectivity index (χ0n) is 14.8. The van der Waals surface area contributed by atoms with Gasteiger partial charge in [0.15, 0.2) is 18.1 Å². The molecule has 0 saturated heterocycles. The van der Waals surface area contributed by atoms with Gasteiger partial charge in [0, 0.05) is 17.8 Å². The largest absolute Gasteiger partial charge is 0.493 e. The minimum Gasteiger partial charge on any atom is -0.493 e. The molecule has 0 saturated carbocycles. The predicted octanol–water partition coefficient (Wildman–Crippen LogP) is 2.34. The van der Waals surface area contributed by atoms with Gasteiger partial charge in [0.25, 0.3) is 11.6 Å². The summed E-state index contributed by atoms with van der Waals surface area (Å²) in [6.45, 7) is -0.469. The van der Waals surface area contributed by atoms with E-state index in [1.165, 1.54) is 38.5 Å². The molecule has 0 aromatic heterocycles. The van der Waals surface area contributed by atoms with Crippen LogP contribution < -0.4 is 14.8 Å². The molecule has 1 amide bonds. The molecule has 0 spiro atoms. The molecular formula is C18H18N2O7. The molecule has 0 unspecified atom stereocenters. The number of methoxy groups -OCH3 is 2. The maximum absolute atomic E-state index is 11.9. The highest BCUT2D eigenvalue weighted by Crippen LogP contribution is 2.27. The Kier molecular flexibility index (Phi) is 6.70. The number of hydrogen-bond donors (Lipinski definition) is 1. The fourth-order valence-corrected chi connectivity index (χ4v) is 2.22. The minimum atomic E-state index is -0.582. The third kappa shape index (κ3) is 5.70. The number of carbonyl (C=O) groups excluding carboxylic acids is 2. The second-order valence-corrected chi connectivity index (χ2v) is 5.38. The molecule has 0 fully saturated rings. The number of nitrogens with one attached hydrogen (secondary N) is 1. The smallest absolute Gasteiger partial charge is 0.310 e. The molecule has 27 heavy (non-hydrogen) atoms. The molecule has 0 atom stereocenters. The fraction of sp³-hybridized carbons (Fsp3) is 0.222. The standard InChI is InChI=1S/C18H18N2O7/c1-25-15-8-3-12(9-16(15)26-2)10-18(22)27-11-17(21)19-13-4-6-14(7-5-13)20(23)24/h3-9H,10-11H2,1-2H3,(H,19,21). The maximum Gasteiger partial charge on any atom is 0.310 e. The van der Waals surface area contributed by atoms with Gasteiger partial charge in [-0.2, -0.15) is 0 Å². The lowest BCUT2D eigenvalue weighted by molar-refractivity contribution is -0.384. The molecule has 2 aromatic rings. The first kappa shape index (κ1) is 19.7. The van der Waals surface area contributed by atoms with E-state index >= 15 is 0 Å². The number of nitro groups is 1. The summed E-state index contributed by atoms with van der Waals surface area (Å²) in [6, 6.07) is 10.3. The van der Waals surface area contributed by atoms with Crippen LogP contribution in [0.1, 0.15) is 5.56 Å². The fourth-order valence-electron chi connectivity index (χ4n) is 2.22. The summed E-state index contributed by atoms with van der Waals surface area (Å²) in [6.07, 6.45) is -0.0365. The molecule has 9 nitrogen and oxygen atoms in total. The van der Waals surface area contributed by atoms with Gasteiger partial charge in [0.2, 0.25) is 0 Å². The van der Waals surface area contributed by atoms with E-state index in [0.717, 1.165) is 0 Å². The average molecular weight is 374 g/mol. The molecule has 2 aromatic carbocycles. The number of rotatable bonds is 8. The van der Waals surface area contributed by atoms with Crippen LogP contribution in [0, 0.1) is 10.1 Å². The van der Waals surface area contributed by atoms with Crippen molar-refractivity contribution in [2.45, 2.75) is 6.42 Å². The normalized spacial score (nSPS) is 10.0. The zero-order valence-corrected chi connectivity index (χ0v) is 14.8. The van der Waals surface area contributed by atoms with Gasteiger partial charge in [-0.3, -0.25) is 19.7 Å². The number of anilines is 1. The monoisotopic (exact) mass is 374 g/mol. The molecule has 0 radical (unpaired) electrons. The molecular weight excluding hydrogens is 356 g/mol. The van der Waals surface area contributed by atoms with Gasteiger partial charge < -0.3 is 19.5 Å². The number of amides is 1. The first-order valence-electron chi connectivity index (χ1n) is 7.83. The van der Waals surface area contributed by atoms with E-state index in [1.54, 1.807) is 18.2 Å². The minimum absolute atomic E-state index is 0.0365. The van der Waals surface area contributed by atoms with Crippen molar-refractivity contribution >= 4 is 23.3 Å². The molecule has 0 aliphatic heterocycles. The van der Waals surface area contributed by atoms with Crippen molar-refractivity contribution in [1.29, 1.82) is 0 Å². The van der Waals surface area contributed by atoms with Crippen molar-refractivity contribution < 1.29 is 28.7 Å². The summed E-state index contributed by atoms with van der Waals surface area (Å²) in [7, 11) is 3.00. The Labute approximate surface area is 155 Å². The van der Waals surface area contributed by atoms with E-state index in [0.29, 0.717) is 22.7 Å². The van der Waals surface area contributed by atoms with Crippen molar-refractivity contribution in [3.63, 3.8) is 0 Å². The maximum atomic E-state index is 11.9. The summed E-state index contributed by atoms with van der Waals surface area (Å²) >= 11 is 0. The van der Waals surface area contributed by atoms with Crippen molar-refractivity contribution in [2.24, 2.45) is 0 Å². The van der Waals surface area contributed by atoms with Gasteiger partial charge in [0.05, 0.1) is 25.6 Å². The summed E-state index contributed by atoms with van der Waals surface area (Å²) in [4.78, 5) is 33.8. The van der Waals surface area contributed by atoms with Crippen LogP contribution in [-0.2, 0) is 20.7 Å². The average Bonchev–Trinajstić information content (AvgIpc) is 2.66. The molecule has 2 rings (SSSR count). The number of ether oxygens (including phenoxy) is 3. The Balaban J connectivity index is 1.84. The van der Waals surface area contributed by atoms with E-state index < -0.39 is 23.4 Å². The Morgan fingerprint density at radius 1 is 1.04 bits per heavy atom. The molecule has 9 heteroatoms. The Bertz CT molecular complexity index is 834. The lowest BCUT2D eigenvalue weighted by Crippen LogP contribution is -2.21. The number of nitrogens with zero attached hydrogens (tertiary/aromatic N) is 1. The van der Waals surface area contributed by atoms with Crippen molar-refractivity contribution in [3.05, 3.63) is 58.1 Å². The first-order valence-corrected chi connectivity index (χ1v) is 7.83. The Morgan fingerprint density at radius 2 is 1.70 bits per heavy atom. The number of nitro benzene ring substituents is 1. The second-order valence-electron chi connectivity index (χ2n) is 5.38. The van der Waals surface area contributed by atoms with Crippen LogP contribution in [0.4, 0.5) is 11.4 Å². The Morgan fingerprint density at radius 3 is 2.30 bits per heavy atom. The van der Waals surface area contributed by atoms with Crippen LogP contribution in [0.15, 0.2) is 42.5 Å². The summed E-state index contributed by atoms with van der Waals surface area (Å²) in [5, 5.41) is 13.1. The highest BCUT2D eigenvalue weighted by atomic mass is 16.6. The van der Waals surface area contributed by atoms with E-state index in [1.807, 2.05) is 0 Å². The summed E-state index contributed by atoms with van der Waals surface area (Å²) in [5.41, 5.74) is 0.921. The lowest BCUT2D eigenvalue weighted by Gasteiger charge is -2.10. The third-order valence-corrected chi connectivity index (χ3v) is 3.52. The van der Waals surface area contributed by atoms with Gasteiger partial charge in [-0.1, -0.05) is 6.07 Å². The molecule has 0 heterocycles. The van der Waals surface area contributed by atoms with Crippen LogP contribution in [0.5, 0.6) is 11.5 Å². The number of benzene rings is 2. The SMILES string of the molecule is COc1ccc(CC(=O)OCC(=O)Nc2ccc([N+](=O)[O-])cc2)cc1OC. The Hall–Kier alpha value is -3.62. The van der Waals surface area contributed by atoms with E-state index in [9.17, 15) is 19.7 Å². The van der Waals surface area contributed by atoms with E-state index in [2.05, 4.69) is 5.32 Å². The molecule has 0 aliphatic carbocycles. The highest BCUT2D eigenvalue weighted by molar-refractivity contribution is 5.93. The van der Waals surface area contributed by atoms with E-state index in [-0.39, 0.29) is 12.1 Å². The molecule has 0 bridgehead atoms. The van der Waals surface area contributed by atoms with Crippen LogP contribution in [0.2, 0.25) is 0 Å². The first-order chi connectivity index (χ1) is 12.9. The highest BCUT2D eigenvalue weighted by Gasteiger charge is 2.12. The number of carbonyl (C=O) groups is 2. The predicted molar refractivity (Wildman–Crippen MR) is 95.9 cm³/mol. The number of hydrogen-bond acceptors (Lipinski definition) is 7. The van der Waals surface area contributed by atoms with Crippen LogP contribution in [0.3, 0.4) is 0 Å². The van der Waals surface area contributed by atoms with Gasteiger partial charge in [-0.05, 0) is 29.8 Å². The topological polar surface area (TPSA) is 117 Å². The quantitative estimate of drug-likeness (QED) is 0.428. The zero-order chi connectivity index (χ0) is 19.8.